The van der Waals surface area contributed by atoms with Gasteiger partial charge in [-0.25, -0.2) is 4.98 Å². The minimum absolute atomic E-state index is 0.0762. The summed E-state index contributed by atoms with van der Waals surface area (Å²) in [5.74, 6) is 0.353. The Hall–Kier alpha value is -2.21. The monoisotopic (exact) mass is 370 g/mol. The number of aryl methyl sites for hydroxylation is 2. The summed E-state index contributed by atoms with van der Waals surface area (Å²) in [4.78, 5) is 32.9. The van der Waals surface area contributed by atoms with Gasteiger partial charge in [0.25, 0.3) is 5.91 Å². The van der Waals surface area contributed by atoms with Crippen molar-refractivity contribution >= 4 is 23.0 Å². The molecule has 1 aliphatic carbocycles. The van der Waals surface area contributed by atoms with Gasteiger partial charge < -0.3 is 9.64 Å². The largest absolute Gasteiger partial charge is 0.480 e. The van der Waals surface area contributed by atoms with Crippen LogP contribution in [0.1, 0.15) is 50.5 Å². The van der Waals surface area contributed by atoms with Gasteiger partial charge in [0, 0.05) is 24.7 Å². The van der Waals surface area contributed by atoms with Crippen LogP contribution < -0.4 is 4.74 Å². The van der Waals surface area contributed by atoms with Crippen molar-refractivity contribution in [3.8, 4) is 5.88 Å². The third kappa shape index (κ3) is 3.14. The summed E-state index contributed by atoms with van der Waals surface area (Å²) in [6, 6.07) is 5.70. The van der Waals surface area contributed by atoms with Crippen molar-refractivity contribution in [2.24, 2.45) is 5.92 Å². The Morgan fingerprint density at radius 2 is 2.19 bits per heavy atom. The van der Waals surface area contributed by atoms with E-state index >= 15 is 0 Å². The van der Waals surface area contributed by atoms with Crippen LogP contribution in [0.5, 0.6) is 5.88 Å². The predicted molar refractivity (Wildman–Crippen MR) is 100 cm³/mol. The Bertz CT molecular complexity index is 832. The highest BCUT2D eigenvalue weighted by Crippen LogP contribution is 2.29. The Morgan fingerprint density at radius 1 is 1.31 bits per heavy atom. The number of pyridine rings is 1. The van der Waals surface area contributed by atoms with Crippen LogP contribution in [0.4, 0.5) is 0 Å². The van der Waals surface area contributed by atoms with Crippen LogP contribution in [0.3, 0.4) is 0 Å². The molecule has 3 heterocycles. The van der Waals surface area contributed by atoms with Crippen LogP contribution in [0.25, 0.3) is 0 Å². The number of carbonyl (C=O) groups excluding carboxylic acids is 2. The highest BCUT2D eigenvalue weighted by Gasteiger charge is 2.32. The number of carbonyl (C=O) groups is 2. The lowest BCUT2D eigenvalue weighted by Gasteiger charge is -2.32. The van der Waals surface area contributed by atoms with Crippen LogP contribution in [0.2, 0.25) is 0 Å². The number of piperidine rings is 1. The summed E-state index contributed by atoms with van der Waals surface area (Å²) in [5, 5.41) is 1.92. The van der Waals surface area contributed by atoms with Crippen molar-refractivity contribution in [3.05, 3.63) is 45.3 Å². The number of ketones is 1. The SMILES string of the molecule is COc1nc2c(cc1C(=O)N1CCC[C@H](C(=O)c3cccs3)C1)CCC2. The fourth-order valence-corrected chi connectivity index (χ4v) is 4.67. The molecule has 2 aromatic rings. The number of amides is 1. The van der Waals surface area contributed by atoms with E-state index in [0.29, 0.717) is 24.5 Å². The number of fused-ring (bicyclic) bond motifs is 1. The van der Waals surface area contributed by atoms with E-state index in [2.05, 4.69) is 4.98 Å². The molecule has 0 N–H and O–H groups in total. The molecule has 0 radical (unpaired) electrons. The van der Waals surface area contributed by atoms with E-state index in [1.165, 1.54) is 11.3 Å². The number of nitrogens with zero attached hydrogens (tertiary/aromatic N) is 2. The van der Waals surface area contributed by atoms with Gasteiger partial charge in [-0.05, 0) is 55.2 Å². The average Bonchev–Trinajstić information content (AvgIpc) is 3.37. The van der Waals surface area contributed by atoms with Gasteiger partial charge in [-0.3, -0.25) is 9.59 Å². The zero-order valence-electron chi connectivity index (χ0n) is 14.9. The molecular formula is C20H22N2O3S. The van der Waals surface area contributed by atoms with Gasteiger partial charge in [0.05, 0.1) is 12.0 Å². The summed E-state index contributed by atoms with van der Waals surface area (Å²) in [6.45, 7) is 1.14. The number of ether oxygens (including phenoxy) is 1. The maximum Gasteiger partial charge on any atom is 0.259 e. The molecule has 0 unspecified atom stereocenters. The predicted octanol–water partition coefficient (Wildman–Crippen LogP) is 3.38. The normalized spacial score (nSPS) is 19.3. The molecule has 136 valence electrons. The molecule has 26 heavy (non-hydrogen) atoms. The van der Waals surface area contributed by atoms with Gasteiger partial charge in [-0.15, -0.1) is 11.3 Å². The number of methoxy groups -OCH3 is 1. The summed E-state index contributed by atoms with van der Waals surface area (Å²) >= 11 is 1.47. The number of hydrogen-bond donors (Lipinski definition) is 0. The van der Waals surface area contributed by atoms with Crippen molar-refractivity contribution in [1.29, 1.82) is 0 Å². The van der Waals surface area contributed by atoms with Crippen LogP contribution in [-0.2, 0) is 12.8 Å². The molecule has 0 spiro atoms. The summed E-state index contributed by atoms with van der Waals surface area (Å²) in [7, 11) is 1.56. The van der Waals surface area contributed by atoms with E-state index in [1.54, 1.807) is 12.0 Å². The fourth-order valence-electron chi connectivity index (χ4n) is 3.93. The van der Waals surface area contributed by atoms with E-state index in [1.807, 2.05) is 23.6 Å². The zero-order valence-corrected chi connectivity index (χ0v) is 15.7. The molecule has 2 aliphatic rings. The molecular weight excluding hydrogens is 348 g/mol. The first kappa shape index (κ1) is 17.2. The van der Waals surface area contributed by atoms with Crippen molar-refractivity contribution in [3.63, 3.8) is 0 Å². The van der Waals surface area contributed by atoms with Crippen LogP contribution in [0.15, 0.2) is 23.6 Å². The second-order valence-electron chi connectivity index (χ2n) is 6.94. The quantitative estimate of drug-likeness (QED) is 0.774. The Labute approximate surface area is 157 Å². The molecule has 1 aliphatic heterocycles. The highest BCUT2D eigenvalue weighted by molar-refractivity contribution is 7.12. The topological polar surface area (TPSA) is 59.5 Å². The third-order valence-corrected chi connectivity index (χ3v) is 6.17. The van der Waals surface area contributed by atoms with Crippen molar-refractivity contribution in [2.75, 3.05) is 20.2 Å². The minimum Gasteiger partial charge on any atom is -0.480 e. The molecule has 2 aromatic heterocycles. The van der Waals surface area contributed by atoms with Gasteiger partial charge in [-0.2, -0.15) is 0 Å². The van der Waals surface area contributed by atoms with Gasteiger partial charge in [0.15, 0.2) is 5.78 Å². The Kier molecular flexibility index (Phi) is 4.76. The van der Waals surface area contributed by atoms with E-state index in [-0.39, 0.29) is 17.6 Å². The van der Waals surface area contributed by atoms with Crippen LogP contribution >= 0.6 is 11.3 Å². The lowest BCUT2D eigenvalue weighted by molar-refractivity contribution is 0.0635. The molecule has 1 saturated heterocycles. The number of rotatable bonds is 4. The number of Topliss-reactive ketones (excluding diaryl/α,β-unsaturated/α-hetero) is 1. The van der Waals surface area contributed by atoms with Gasteiger partial charge in [-0.1, -0.05) is 6.07 Å². The van der Waals surface area contributed by atoms with E-state index in [4.69, 9.17) is 4.74 Å². The molecule has 0 aromatic carbocycles. The second kappa shape index (κ2) is 7.19. The first-order chi connectivity index (χ1) is 12.7. The molecule has 5 nitrogen and oxygen atoms in total. The van der Waals surface area contributed by atoms with Gasteiger partial charge >= 0.3 is 0 Å². The van der Waals surface area contributed by atoms with Crippen molar-refractivity contribution in [1.82, 2.24) is 9.88 Å². The zero-order chi connectivity index (χ0) is 18.1. The first-order valence-corrected chi connectivity index (χ1v) is 9.99. The molecule has 1 amide bonds. The molecule has 6 heteroatoms. The second-order valence-corrected chi connectivity index (χ2v) is 7.88. The molecule has 4 rings (SSSR count). The summed E-state index contributed by atoms with van der Waals surface area (Å²) < 4.78 is 5.39. The van der Waals surface area contributed by atoms with E-state index < -0.39 is 0 Å². The van der Waals surface area contributed by atoms with Crippen LogP contribution in [-0.4, -0.2) is 41.8 Å². The molecule has 1 atom stereocenters. The lowest BCUT2D eigenvalue weighted by atomic mass is 9.92. The maximum absolute atomic E-state index is 13.1. The molecule has 0 saturated carbocycles. The molecule has 0 bridgehead atoms. The van der Waals surface area contributed by atoms with Crippen molar-refractivity contribution < 1.29 is 14.3 Å². The first-order valence-electron chi connectivity index (χ1n) is 9.11. The maximum atomic E-state index is 13.1. The number of hydrogen-bond acceptors (Lipinski definition) is 5. The Balaban J connectivity index is 1.55. The smallest absolute Gasteiger partial charge is 0.259 e. The lowest BCUT2D eigenvalue weighted by Crippen LogP contribution is -2.42. The fraction of sp³-hybridized carbons (Fsp3) is 0.450. The third-order valence-electron chi connectivity index (χ3n) is 5.28. The minimum atomic E-state index is -0.125. The summed E-state index contributed by atoms with van der Waals surface area (Å²) in [6.07, 6.45) is 4.66. The standard InChI is InChI=1S/C20H22N2O3S/c1-25-19-15(11-13-5-2-7-16(13)21-19)20(24)22-9-3-6-14(12-22)18(23)17-8-4-10-26-17/h4,8,10-11,14H,2-3,5-7,9,12H2,1H3/t14-/m0/s1. The van der Waals surface area contributed by atoms with Gasteiger partial charge in [0.1, 0.15) is 5.56 Å². The van der Waals surface area contributed by atoms with Crippen LogP contribution in [0, 0.1) is 5.92 Å². The van der Waals surface area contributed by atoms with Crippen molar-refractivity contribution in [2.45, 2.75) is 32.1 Å². The van der Waals surface area contributed by atoms with E-state index in [0.717, 1.165) is 48.2 Å². The van der Waals surface area contributed by atoms with Gasteiger partial charge in [0.2, 0.25) is 5.88 Å². The number of aromatic nitrogens is 1. The van der Waals surface area contributed by atoms with E-state index in [9.17, 15) is 9.59 Å². The highest BCUT2D eigenvalue weighted by atomic mass is 32.1. The Morgan fingerprint density at radius 3 is 2.96 bits per heavy atom. The average molecular weight is 370 g/mol. The number of likely N-dealkylation sites (tertiary alicyclic amines) is 1. The molecule has 1 fully saturated rings. The number of thiophene rings is 1. The summed E-state index contributed by atoms with van der Waals surface area (Å²) in [5.41, 5.74) is 2.72.